The molecule has 0 spiro atoms. The number of hydrogen-bond acceptors (Lipinski definition) is 6. The van der Waals surface area contributed by atoms with Crippen LogP contribution in [0.15, 0.2) is 47.6 Å². The van der Waals surface area contributed by atoms with Gasteiger partial charge in [-0.15, -0.1) is 0 Å². The largest absolute Gasteiger partial charge is 0.309 e. The van der Waals surface area contributed by atoms with E-state index in [0.29, 0.717) is 17.2 Å². The van der Waals surface area contributed by atoms with Crippen LogP contribution in [0.4, 0.5) is 5.82 Å². The third-order valence-electron chi connectivity index (χ3n) is 3.85. The maximum Gasteiger partial charge on any atom is 0.238 e. The molecule has 1 unspecified atom stereocenters. The van der Waals surface area contributed by atoms with Crippen LogP contribution in [0.2, 0.25) is 0 Å². The summed E-state index contributed by atoms with van der Waals surface area (Å²) in [5.74, 6) is 0.807. The van der Waals surface area contributed by atoms with Crippen molar-refractivity contribution in [3.8, 4) is 17.3 Å². The van der Waals surface area contributed by atoms with Crippen LogP contribution in [0.5, 0.6) is 0 Å². The summed E-state index contributed by atoms with van der Waals surface area (Å²) >= 11 is 1.34. The van der Waals surface area contributed by atoms with E-state index in [0.717, 1.165) is 16.3 Å². The minimum atomic E-state index is -0.413. The van der Waals surface area contributed by atoms with Gasteiger partial charge in [-0.2, -0.15) is 10.4 Å². The van der Waals surface area contributed by atoms with Gasteiger partial charge in [0, 0.05) is 12.6 Å². The van der Waals surface area contributed by atoms with Crippen molar-refractivity contribution in [2.75, 3.05) is 5.32 Å². The van der Waals surface area contributed by atoms with Crippen molar-refractivity contribution in [1.82, 2.24) is 19.7 Å². The molecule has 0 fully saturated rings. The summed E-state index contributed by atoms with van der Waals surface area (Å²) < 4.78 is 1.47. The Morgan fingerprint density at radius 2 is 2.04 bits per heavy atom. The summed E-state index contributed by atoms with van der Waals surface area (Å²) in [7, 11) is 1.67. The molecule has 2 aromatic heterocycles. The lowest BCUT2D eigenvalue weighted by molar-refractivity contribution is -0.115. The van der Waals surface area contributed by atoms with E-state index in [2.05, 4.69) is 20.4 Å². The highest BCUT2D eigenvalue weighted by molar-refractivity contribution is 8.00. The molecule has 1 aromatic carbocycles. The smallest absolute Gasteiger partial charge is 0.238 e. The molecular formula is C19H18N6OS. The van der Waals surface area contributed by atoms with Gasteiger partial charge < -0.3 is 5.32 Å². The number of benzene rings is 1. The van der Waals surface area contributed by atoms with Crippen molar-refractivity contribution >= 4 is 23.5 Å². The quantitative estimate of drug-likeness (QED) is 0.541. The van der Waals surface area contributed by atoms with Crippen LogP contribution in [0.3, 0.4) is 0 Å². The zero-order chi connectivity index (χ0) is 19.4. The number of amides is 1. The number of nitriles is 1. The van der Waals surface area contributed by atoms with E-state index >= 15 is 0 Å². The molecule has 0 saturated carbocycles. The Kier molecular flexibility index (Phi) is 5.52. The summed E-state index contributed by atoms with van der Waals surface area (Å²) in [6, 6.07) is 13.7. The van der Waals surface area contributed by atoms with Crippen molar-refractivity contribution in [2.45, 2.75) is 24.1 Å². The predicted octanol–water partition coefficient (Wildman–Crippen LogP) is 3.18. The summed E-state index contributed by atoms with van der Waals surface area (Å²) in [4.78, 5) is 21.5. The number of aromatic nitrogens is 4. The van der Waals surface area contributed by atoms with Crippen LogP contribution in [0, 0.1) is 18.3 Å². The summed E-state index contributed by atoms with van der Waals surface area (Å²) in [5.41, 5.74) is 2.14. The molecule has 27 heavy (non-hydrogen) atoms. The van der Waals surface area contributed by atoms with E-state index < -0.39 is 5.25 Å². The molecule has 3 aromatic rings. The SMILES string of the molecule is Cc1nc(SC(C)C(=O)Nc2c(C#N)cnn2C)cc(-c2ccccc2)n1. The number of anilines is 1. The van der Waals surface area contributed by atoms with Crippen LogP contribution in [0.25, 0.3) is 11.3 Å². The van der Waals surface area contributed by atoms with E-state index in [1.165, 1.54) is 22.6 Å². The van der Waals surface area contributed by atoms with E-state index in [-0.39, 0.29) is 5.91 Å². The first kappa shape index (κ1) is 18.6. The third-order valence-corrected chi connectivity index (χ3v) is 4.87. The molecule has 2 heterocycles. The fraction of sp³-hybridized carbons (Fsp3) is 0.211. The van der Waals surface area contributed by atoms with Crippen molar-refractivity contribution in [3.63, 3.8) is 0 Å². The maximum absolute atomic E-state index is 12.5. The van der Waals surface area contributed by atoms with Gasteiger partial charge in [-0.3, -0.25) is 9.48 Å². The Bertz CT molecular complexity index is 1010. The highest BCUT2D eigenvalue weighted by atomic mass is 32.2. The molecule has 0 saturated heterocycles. The second kappa shape index (κ2) is 8.01. The van der Waals surface area contributed by atoms with Crippen LogP contribution < -0.4 is 5.32 Å². The number of aryl methyl sites for hydroxylation is 2. The zero-order valence-corrected chi connectivity index (χ0v) is 16.0. The van der Waals surface area contributed by atoms with Crippen LogP contribution >= 0.6 is 11.8 Å². The van der Waals surface area contributed by atoms with Crippen LogP contribution in [-0.2, 0) is 11.8 Å². The lowest BCUT2D eigenvalue weighted by Crippen LogP contribution is -2.24. The number of nitrogens with one attached hydrogen (secondary N) is 1. The highest BCUT2D eigenvalue weighted by Crippen LogP contribution is 2.27. The van der Waals surface area contributed by atoms with Gasteiger partial charge in [0.25, 0.3) is 0 Å². The van der Waals surface area contributed by atoms with Crippen molar-refractivity contribution in [1.29, 1.82) is 5.26 Å². The Morgan fingerprint density at radius 1 is 1.30 bits per heavy atom. The fourth-order valence-corrected chi connectivity index (χ4v) is 3.37. The topological polar surface area (TPSA) is 96.5 Å². The van der Waals surface area contributed by atoms with Gasteiger partial charge in [0.05, 0.1) is 17.1 Å². The van der Waals surface area contributed by atoms with Gasteiger partial charge >= 0.3 is 0 Å². The minimum absolute atomic E-state index is 0.224. The van der Waals surface area contributed by atoms with Gasteiger partial charge in [-0.25, -0.2) is 9.97 Å². The average molecular weight is 378 g/mol. The van der Waals surface area contributed by atoms with Crippen LogP contribution in [0.1, 0.15) is 18.3 Å². The average Bonchev–Trinajstić information content (AvgIpc) is 3.01. The summed E-state index contributed by atoms with van der Waals surface area (Å²) in [6.45, 7) is 3.62. The van der Waals surface area contributed by atoms with Gasteiger partial charge in [0.1, 0.15) is 28.3 Å². The molecular weight excluding hydrogens is 360 g/mol. The Morgan fingerprint density at radius 3 is 2.74 bits per heavy atom. The zero-order valence-electron chi connectivity index (χ0n) is 15.2. The predicted molar refractivity (Wildman–Crippen MR) is 104 cm³/mol. The number of hydrogen-bond donors (Lipinski definition) is 1. The van der Waals surface area contributed by atoms with Gasteiger partial charge in [0.2, 0.25) is 5.91 Å². The molecule has 1 atom stereocenters. The molecule has 3 rings (SSSR count). The molecule has 0 bridgehead atoms. The maximum atomic E-state index is 12.5. The van der Waals surface area contributed by atoms with E-state index in [1.807, 2.05) is 49.4 Å². The second-order valence-corrected chi connectivity index (χ2v) is 7.26. The van der Waals surface area contributed by atoms with Gasteiger partial charge in [-0.05, 0) is 19.9 Å². The standard InChI is InChI=1S/C19H18N6OS/c1-12(19(26)24-18-15(10-20)11-21-25(18)3)27-17-9-16(22-13(2)23-17)14-7-5-4-6-8-14/h4-9,11-12H,1-3H3,(H,24,26). The van der Waals surface area contributed by atoms with E-state index in [1.54, 1.807) is 14.0 Å². The number of nitrogens with zero attached hydrogens (tertiary/aromatic N) is 5. The highest BCUT2D eigenvalue weighted by Gasteiger charge is 2.19. The number of carbonyl (C=O) groups is 1. The second-order valence-electron chi connectivity index (χ2n) is 5.90. The lowest BCUT2D eigenvalue weighted by atomic mass is 10.1. The third kappa shape index (κ3) is 4.33. The first-order valence-corrected chi connectivity index (χ1v) is 9.16. The molecule has 0 aliphatic carbocycles. The van der Waals surface area contributed by atoms with E-state index in [9.17, 15) is 4.79 Å². The van der Waals surface area contributed by atoms with Crippen molar-refractivity contribution < 1.29 is 4.79 Å². The normalized spacial score (nSPS) is 11.6. The van der Waals surface area contributed by atoms with Crippen molar-refractivity contribution in [2.24, 2.45) is 7.05 Å². The first-order valence-electron chi connectivity index (χ1n) is 8.28. The Balaban J connectivity index is 1.77. The molecule has 1 amide bonds. The summed E-state index contributed by atoms with van der Waals surface area (Å²) in [6.07, 6.45) is 1.42. The molecule has 0 aliphatic heterocycles. The monoisotopic (exact) mass is 378 g/mol. The molecule has 136 valence electrons. The van der Waals surface area contributed by atoms with Gasteiger partial charge in [0.15, 0.2) is 0 Å². The minimum Gasteiger partial charge on any atom is -0.309 e. The Hall–Kier alpha value is -3.18. The van der Waals surface area contributed by atoms with Crippen LogP contribution in [-0.4, -0.2) is 30.9 Å². The molecule has 1 N–H and O–H groups in total. The molecule has 0 aliphatic rings. The molecule has 7 nitrogen and oxygen atoms in total. The summed E-state index contributed by atoms with van der Waals surface area (Å²) in [5, 5.41) is 16.2. The first-order chi connectivity index (χ1) is 13.0. The van der Waals surface area contributed by atoms with E-state index in [4.69, 9.17) is 5.26 Å². The van der Waals surface area contributed by atoms with Gasteiger partial charge in [-0.1, -0.05) is 42.1 Å². The molecule has 8 heteroatoms. The molecule has 0 radical (unpaired) electrons. The number of rotatable bonds is 5. The fourth-order valence-electron chi connectivity index (χ4n) is 2.48. The van der Waals surface area contributed by atoms with Crippen molar-refractivity contribution in [3.05, 3.63) is 54.0 Å². The Labute approximate surface area is 161 Å². The number of thioether (sulfide) groups is 1. The number of carbonyl (C=O) groups excluding carboxylic acids is 1. The lowest BCUT2D eigenvalue weighted by Gasteiger charge is -2.13.